The van der Waals surface area contributed by atoms with Gasteiger partial charge in [-0.15, -0.1) is 0 Å². The van der Waals surface area contributed by atoms with Crippen LogP contribution in [0.4, 0.5) is 0 Å². The molecule has 0 aliphatic heterocycles. The molecule has 0 fully saturated rings. The summed E-state index contributed by atoms with van der Waals surface area (Å²) in [6.07, 6.45) is 1.77. The molecule has 0 radical (unpaired) electrons. The number of hydrogen-bond donors (Lipinski definition) is 2. The van der Waals surface area contributed by atoms with E-state index in [2.05, 4.69) is 4.98 Å². The number of benzene rings is 1. The molecule has 1 aromatic carbocycles. The third kappa shape index (κ3) is 2.14. The fourth-order valence-electron chi connectivity index (χ4n) is 1.35. The van der Waals surface area contributed by atoms with E-state index in [1.165, 1.54) is 0 Å². The SMILES string of the molecule is NCc1ccc(-c2ccc(O)cc2)nc1. The van der Waals surface area contributed by atoms with Crippen molar-refractivity contribution in [2.24, 2.45) is 5.73 Å². The first kappa shape index (κ1) is 9.68. The Morgan fingerprint density at radius 3 is 2.33 bits per heavy atom. The second-order valence-corrected chi connectivity index (χ2v) is 3.30. The monoisotopic (exact) mass is 200 g/mol. The predicted molar refractivity (Wildman–Crippen MR) is 59.2 cm³/mol. The molecule has 1 heterocycles. The minimum atomic E-state index is 0.261. The summed E-state index contributed by atoms with van der Waals surface area (Å²) in [5, 5.41) is 9.15. The van der Waals surface area contributed by atoms with Crippen LogP contribution in [0, 0.1) is 0 Å². The molecule has 0 aliphatic carbocycles. The number of nitrogens with zero attached hydrogens (tertiary/aromatic N) is 1. The molecule has 0 saturated heterocycles. The molecule has 0 unspecified atom stereocenters. The van der Waals surface area contributed by atoms with Crippen LogP contribution in [0.25, 0.3) is 11.3 Å². The van der Waals surface area contributed by atoms with Gasteiger partial charge in [0.15, 0.2) is 0 Å². The summed E-state index contributed by atoms with van der Waals surface area (Å²) in [7, 11) is 0. The molecule has 76 valence electrons. The van der Waals surface area contributed by atoms with Gasteiger partial charge in [0, 0.05) is 18.3 Å². The van der Waals surface area contributed by atoms with E-state index >= 15 is 0 Å². The van der Waals surface area contributed by atoms with E-state index in [1.54, 1.807) is 18.3 Å². The maximum atomic E-state index is 9.15. The minimum Gasteiger partial charge on any atom is -0.508 e. The summed E-state index contributed by atoms with van der Waals surface area (Å²) in [6.45, 7) is 0.503. The molecule has 0 atom stereocenters. The van der Waals surface area contributed by atoms with E-state index in [-0.39, 0.29) is 5.75 Å². The number of nitrogens with two attached hydrogens (primary N) is 1. The molecule has 15 heavy (non-hydrogen) atoms. The molecular weight excluding hydrogens is 188 g/mol. The van der Waals surface area contributed by atoms with Crippen LogP contribution in [0.1, 0.15) is 5.56 Å². The Bertz CT molecular complexity index is 434. The molecule has 0 aliphatic rings. The fraction of sp³-hybridized carbons (Fsp3) is 0.0833. The standard InChI is InChI=1S/C12H12N2O/c13-7-9-1-6-12(14-8-9)10-2-4-11(15)5-3-10/h1-6,8,15H,7,13H2. The lowest BCUT2D eigenvalue weighted by Gasteiger charge is -2.02. The third-order valence-corrected chi connectivity index (χ3v) is 2.22. The van der Waals surface area contributed by atoms with Crippen molar-refractivity contribution in [3.63, 3.8) is 0 Å². The van der Waals surface area contributed by atoms with E-state index in [1.807, 2.05) is 24.3 Å². The van der Waals surface area contributed by atoms with Gasteiger partial charge in [0.25, 0.3) is 0 Å². The number of rotatable bonds is 2. The van der Waals surface area contributed by atoms with Crippen molar-refractivity contribution >= 4 is 0 Å². The molecule has 2 aromatic rings. The van der Waals surface area contributed by atoms with Gasteiger partial charge in [-0.05, 0) is 35.9 Å². The normalized spacial score (nSPS) is 10.2. The summed E-state index contributed by atoms with van der Waals surface area (Å²) in [4.78, 5) is 4.29. The largest absolute Gasteiger partial charge is 0.508 e. The Morgan fingerprint density at radius 2 is 1.80 bits per heavy atom. The number of pyridine rings is 1. The summed E-state index contributed by atoms with van der Waals surface area (Å²) in [5.74, 6) is 0.261. The highest BCUT2D eigenvalue weighted by Crippen LogP contribution is 2.19. The Balaban J connectivity index is 2.33. The topological polar surface area (TPSA) is 59.1 Å². The summed E-state index contributed by atoms with van der Waals surface area (Å²) >= 11 is 0. The van der Waals surface area contributed by atoms with Gasteiger partial charge >= 0.3 is 0 Å². The number of phenols is 1. The van der Waals surface area contributed by atoms with Crippen LogP contribution in [-0.2, 0) is 6.54 Å². The summed E-state index contributed by atoms with van der Waals surface area (Å²) in [5.41, 5.74) is 8.36. The molecule has 0 bridgehead atoms. The first-order chi connectivity index (χ1) is 7.29. The van der Waals surface area contributed by atoms with Gasteiger partial charge in [0.05, 0.1) is 5.69 Å². The van der Waals surface area contributed by atoms with Crippen molar-refractivity contribution in [1.82, 2.24) is 4.98 Å². The lowest BCUT2D eigenvalue weighted by Crippen LogP contribution is -1.96. The van der Waals surface area contributed by atoms with Crippen molar-refractivity contribution in [3.8, 4) is 17.0 Å². The molecule has 0 saturated carbocycles. The van der Waals surface area contributed by atoms with Crippen LogP contribution in [0.2, 0.25) is 0 Å². The van der Waals surface area contributed by atoms with Crippen molar-refractivity contribution in [2.45, 2.75) is 6.54 Å². The minimum absolute atomic E-state index is 0.261. The quantitative estimate of drug-likeness (QED) is 0.778. The number of aromatic hydroxyl groups is 1. The highest BCUT2D eigenvalue weighted by Gasteiger charge is 1.98. The lowest BCUT2D eigenvalue weighted by atomic mass is 10.1. The predicted octanol–water partition coefficient (Wildman–Crippen LogP) is 1.91. The van der Waals surface area contributed by atoms with E-state index in [0.717, 1.165) is 16.8 Å². The molecule has 3 heteroatoms. The van der Waals surface area contributed by atoms with Crippen molar-refractivity contribution in [1.29, 1.82) is 0 Å². The maximum absolute atomic E-state index is 9.15. The molecule has 2 rings (SSSR count). The van der Waals surface area contributed by atoms with Crippen molar-refractivity contribution < 1.29 is 5.11 Å². The van der Waals surface area contributed by atoms with Gasteiger partial charge in [-0.25, -0.2) is 0 Å². The van der Waals surface area contributed by atoms with Gasteiger partial charge in [0.1, 0.15) is 5.75 Å². The highest BCUT2D eigenvalue weighted by atomic mass is 16.3. The lowest BCUT2D eigenvalue weighted by molar-refractivity contribution is 0.475. The molecular formula is C12H12N2O. The van der Waals surface area contributed by atoms with Gasteiger partial charge < -0.3 is 10.8 Å². The smallest absolute Gasteiger partial charge is 0.115 e. The second kappa shape index (κ2) is 4.11. The zero-order chi connectivity index (χ0) is 10.7. The third-order valence-electron chi connectivity index (χ3n) is 2.22. The molecule has 0 amide bonds. The highest BCUT2D eigenvalue weighted by molar-refractivity contribution is 5.59. The molecule has 3 N–H and O–H groups in total. The molecule has 0 spiro atoms. The average Bonchev–Trinajstić information content (AvgIpc) is 2.30. The number of hydrogen-bond acceptors (Lipinski definition) is 3. The van der Waals surface area contributed by atoms with E-state index in [9.17, 15) is 0 Å². The van der Waals surface area contributed by atoms with E-state index in [4.69, 9.17) is 10.8 Å². The maximum Gasteiger partial charge on any atom is 0.115 e. The summed E-state index contributed by atoms with van der Waals surface area (Å²) in [6, 6.07) is 10.8. The van der Waals surface area contributed by atoms with E-state index < -0.39 is 0 Å². The Hall–Kier alpha value is -1.87. The van der Waals surface area contributed by atoms with E-state index in [0.29, 0.717) is 6.54 Å². The van der Waals surface area contributed by atoms with Crippen LogP contribution in [0.5, 0.6) is 5.75 Å². The van der Waals surface area contributed by atoms with Gasteiger partial charge in [-0.2, -0.15) is 0 Å². The van der Waals surface area contributed by atoms with Gasteiger partial charge in [-0.1, -0.05) is 6.07 Å². The zero-order valence-corrected chi connectivity index (χ0v) is 8.22. The van der Waals surface area contributed by atoms with Crippen LogP contribution in [0.3, 0.4) is 0 Å². The van der Waals surface area contributed by atoms with Crippen molar-refractivity contribution in [3.05, 3.63) is 48.2 Å². The first-order valence-corrected chi connectivity index (χ1v) is 4.74. The molecule has 1 aromatic heterocycles. The van der Waals surface area contributed by atoms with Gasteiger partial charge in [0.2, 0.25) is 0 Å². The Morgan fingerprint density at radius 1 is 1.07 bits per heavy atom. The first-order valence-electron chi connectivity index (χ1n) is 4.74. The zero-order valence-electron chi connectivity index (χ0n) is 8.22. The van der Waals surface area contributed by atoms with Crippen LogP contribution >= 0.6 is 0 Å². The van der Waals surface area contributed by atoms with Crippen LogP contribution in [-0.4, -0.2) is 10.1 Å². The fourth-order valence-corrected chi connectivity index (χ4v) is 1.35. The van der Waals surface area contributed by atoms with Gasteiger partial charge in [-0.3, -0.25) is 4.98 Å². The average molecular weight is 200 g/mol. The second-order valence-electron chi connectivity index (χ2n) is 3.30. The van der Waals surface area contributed by atoms with Crippen LogP contribution in [0.15, 0.2) is 42.6 Å². The Labute approximate surface area is 88.2 Å². The van der Waals surface area contributed by atoms with Crippen LogP contribution < -0.4 is 5.73 Å². The summed E-state index contributed by atoms with van der Waals surface area (Å²) < 4.78 is 0. The molecule has 3 nitrogen and oxygen atoms in total. The number of aromatic nitrogens is 1. The Kier molecular flexibility index (Phi) is 2.65. The van der Waals surface area contributed by atoms with Crippen molar-refractivity contribution in [2.75, 3.05) is 0 Å². The number of phenolic OH excluding ortho intramolecular Hbond substituents is 1.